The zero-order chi connectivity index (χ0) is 25.8. The zero-order valence-corrected chi connectivity index (χ0v) is 20.4. The van der Waals surface area contributed by atoms with E-state index in [1.807, 2.05) is 19.2 Å². The van der Waals surface area contributed by atoms with E-state index in [0.29, 0.717) is 24.0 Å². The molecule has 2 aliphatic rings. The van der Waals surface area contributed by atoms with Gasteiger partial charge in [0.2, 0.25) is 5.91 Å². The summed E-state index contributed by atoms with van der Waals surface area (Å²) < 4.78 is 41.9. The normalized spacial score (nSPS) is 21.1. The first-order valence-corrected chi connectivity index (χ1v) is 12.0. The molecule has 0 radical (unpaired) electrons. The van der Waals surface area contributed by atoms with E-state index in [1.54, 1.807) is 22.6 Å². The highest BCUT2D eigenvalue weighted by atomic mass is 19.4. The summed E-state index contributed by atoms with van der Waals surface area (Å²) in [7, 11) is 3.49. The number of rotatable bonds is 3. The summed E-state index contributed by atoms with van der Waals surface area (Å²) in [6, 6.07) is 7.54. The molecular formula is C26H28F3N5O2. The number of piperidine rings is 1. The van der Waals surface area contributed by atoms with Gasteiger partial charge in [0, 0.05) is 51.8 Å². The molecule has 1 aromatic heterocycles. The van der Waals surface area contributed by atoms with E-state index in [-0.39, 0.29) is 29.1 Å². The molecule has 5 rings (SSSR count). The first-order chi connectivity index (χ1) is 17.0. The molecule has 1 fully saturated rings. The molecule has 2 unspecified atom stereocenters. The highest BCUT2D eigenvalue weighted by Gasteiger charge is 2.34. The third-order valence-corrected chi connectivity index (χ3v) is 7.36. The minimum absolute atomic E-state index is 0.0578. The molecule has 1 N–H and O–H groups in total. The molecule has 36 heavy (non-hydrogen) atoms. The molecular weight excluding hydrogens is 471 g/mol. The molecule has 7 nitrogen and oxygen atoms in total. The van der Waals surface area contributed by atoms with Gasteiger partial charge in [0.15, 0.2) is 0 Å². The summed E-state index contributed by atoms with van der Waals surface area (Å²) >= 11 is 0. The highest BCUT2D eigenvalue weighted by molar-refractivity contribution is 6.08. The van der Waals surface area contributed by atoms with Gasteiger partial charge in [-0.2, -0.15) is 13.2 Å². The number of hydrogen-bond acceptors (Lipinski definition) is 4. The zero-order valence-electron chi connectivity index (χ0n) is 20.4. The molecule has 2 amide bonds. The maximum absolute atomic E-state index is 13.4. The second-order valence-electron chi connectivity index (χ2n) is 9.90. The number of nitrogens with one attached hydrogen (secondary N) is 1. The van der Waals surface area contributed by atoms with Crippen LogP contribution < -0.4 is 5.32 Å². The Bertz CT molecular complexity index is 1350. The number of fused-ring (bicyclic) bond motifs is 2. The largest absolute Gasteiger partial charge is 0.416 e. The Morgan fingerprint density at radius 1 is 1.17 bits per heavy atom. The number of imidazole rings is 1. The number of anilines is 1. The monoisotopic (exact) mass is 499 g/mol. The number of likely N-dealkylation sites (tertiary alicyclic amines) is 1. The predicted molar refractivity (Wildman–Crippen MR) is 130 cm³/mol. The fourth-order valence-corrected chi connectivity index (χ4v) is 5.36. The van der Waals surface area contributed by atoms with E-state index in [1.165, 1.54) is 6.33 Å². The number of carbonyl (C=O) groups is 2. The SMILES string of the molecule is CC1CN(C2CCN(C)C(=O)C2)Cc2cc(C(=O)Nc3cc(C(F)(F)F)cc4ncn(C)c34)ccc21. The van der Waals surface area contributed by atoms with E-state index in [2.05, 4.69) is 22.1 Å². The molecule has 2 aliphatic heterocycles. The summed E-state index contributed by atoms with van der Waals surface area (Å²) in [5, 5.41) is 2.68. The van der Waals surface area contributed by atoms with Crippen molar-refractivity contribution < 1.29 is 22.8 Å². The predicted octanol–water partition coefficient (Wildman–Crippen LogP) is 4.38. The van der Waals surface area contributed by atoms with Crippen LogP contribution in [-0.2, 0) is 24.6 Å². The quantitative estimate of drug-likeness (QED) is 0.581. The van der Waals surface area contributed by atoms with Crippen LogP contribution in [0, 0.1) is 0 Å². The topological polar surface area (TPSA) is 70.5 Å². The fourth-order valence-electron chi connectivity index (χ4n) is 5.36. The molecule has 10 heteroatoms. The molecule has 3 aromatic rings. The number of nitrogens with zero attached hydrogens (tertiary/aromatic N) is 4. The number of benzene rings is 2. The van der Waals surface area contributed by atoms with E-state index in [0.717, 1.165) is 42.8 Å². The smallest absolute Gasteiger partial charge is 0.346 e. The Morgan fingerprint density at radius 2 is 1.94 bits per heavy atom. The summed E-state index contributed by atoms with van der Waals surface area (Å²) in [6.45, 7) is 4.31. The van der Waals surface area contributed by atoms with Crippen LogP contribution in [-0.4, -0.2) is 57.3 Å². The Kier molecular flexibility index (Phi) is 6.02. The van der Waals surface area contributed by atoms with Gasteiger partial charge in [-0.25, -0.2) is 4.98 Å². The van der Waals surface area contributed by atoms with Crippen LogP contribution in [0.25, 0.3) is 11.0 Å². The van der Waals surface area contributed by atoms with Crippen molar-refractivity contribution >= 4 is 28.5 Å². The van der Waals surface area contributed by atoms with Gasteiger partial charge in [-0.15, -0.1) is 0 Å². The van der Waals surface area contributed by atoms with E-state index in [9.17, 15) is 22.8 Å². The fraction of sp³-hybridized carbons (Fsp3) is 0.423. The van der Waals surface area contributed by atoms with Gasteiger partial charge < -0.3 is 14.8 Å². The van der Waals surface area contributed by atoms with Crippen LogP contribution in [0.2, 0.25) is 0 Å². The number of halogens is 3. The highest BCUT2D eigenvalue weighted by Crippen LogP contribution is 2.36. The lowest BCUT2D eigenvalue weighted by Crippen LogP contribution is -2.48. The van der Waals surface area contributed by atoms with Crippen LogP contribution in [0.5, 0.6) is 0 Å². The minimum Gasteiger partial charge on any atom is -0.346 e. The second kappa shape index (κ2) is 8.92. The number of alkyl halides is 3. The third-order valence-electron chi connectivity index (χ3n) is 7.36. The van der Waals surface area contributed by atoms with Gasteiger partial charge in [0.05, 0.1) is 28.6 Å². The van der Waals surface area contributed by atoms with Crippen LogP contribution in [0.4, 0.5) is 18.9 Å². The minimum atomic E-state index is -4.56. The van der Waals surface area contributed by atoms with E-state index >= 15 is 0 Å². The van der Waals surface area contributed by atoms with Crippen molar-refractivity contribution in [2.45, 2.75) is 44.4 Å². The summed E-state index contributed by atoms with van der Waals surface area (Å²) in [5.41, 5.74) is 2.29. The van der Waals surface area contributed by atoms with Crippen molar-refractivity contribution in [1.82, 2.24) is 19.4 Å². The average molecular weight is 500 g/mol. The first-order valence-electron chi connectivity index (χ1n) is 12.0. The Labute approximate surface area is 206 Å². The lowest BCUT2D eigenvalue weighted by atomic mass is 9.87. The molecule has 1 saturated heterocycles. The molecule has 2 atom stereocenters. The molecule has 2 aromatic carbocycles. The molecule has 0 aliphatic carbocycles. The van der Waals surface area contributed by atoms with Crippen molar-refractivity contribution in [3.63, 3.8) is 0 Å². The van der Waals surface area contributed by atoms with Crippen molar-refractivity contribution in [2.24, 2.45) is 7.05 Å². The number of aryl methyl sites for hydroxylation is 1. The molecule has 190 valence electrons. The van der Waals surface area contributed by atoms with Gasteiger partial charge in [0.25, 0.3) is 5.91 Å². The van der Waals surface area contributed by atoms with Crippen molar-refractivity contribution in [2.75, 3.05) is 25.5 Å². The van der Waals surface area contributed by atoms with Crippen molar-refractivity contribution in [1.29, 1.82) is 0 Å². The molecule has 0 bridgehead atoms. The van der Waals surface area contributed by atoms with Gasteiger partial charge in [-0.05, 0) is 47.7 Å². The number of aromatic nitrogens is 2. The number of carbonyl (C=O) groups excluding carboxylic acids is 2. The number of hydrogen-bond donors (Lipinski definition) is 1. The van der Waals surface area contributed by atoms with Crippen LogP contribution >= 0.6 is 0 Å². The first kappa shape index (κ1) is 24.3. The van der Waals surface area contributed by atoms with E-state index in [4.69, 9.17) is 0 Å². The Morgan fingerprint density at radius 3 is 2.67 bits per heavy atom. The summed E-state index contributed by atoms with van der Waals surface area (Å²) in [4.78, 5) is 33.5. The molecule has 0 saturated carbocycles. The van der Waals surface area contributed by atoms with Crippen LogP contribution in [0.1, 0.15) is 52.7 Å². The maximum Gasteiger partial charge on any atom is 0.416 e. The second-order valence-corrected chi connectivity index (χ2v) is 9.90. The standard InChI is InChI=1S/C26H28F3N5O2/c1-15-12-34(19-6-7-32(2)23(35)11-19)13-17-8-16(4-5-20(15)17)25(36)31-22-10-18(26(27,28)29)9-21-24(22)33(3)14-30-21/h4-5,8-10,14-15,19H,6-7,11-13H2,1-3H3,(H,31,36). The lowest BCUT2D eigenvalue weighted by Gasteiger charge is -2.41. The molecule has 3 heterocycles. The Balaban J connectivity index is 1.42. The van der Waals surface area contributed by atoms with Gasteiger partial charge in [-0.1, -0.05) is 13.0 Å². The van der Waals surface area contributed by atoms with E-state index < -0.39 is 17.6 Å². The summed E-state index contributed by atoms with van der Waals surface area (Å²) in [6.07, 6.45) is -1.76. The Hall–Kier alpha value is -3.40. The van der Waals surface area contributed by atoms with Crippen molar-refractivity contribution in [3.8, 4) is 0 Å². The van der Waals surface area contributed by atoms with Crippen LogP contribution in [0.15, 0.2) is 36.7 Å². The lowest BCUT2D eigenvalue weighted by molar-refractivity contribution is -0.137. The average Bonchev–Trinajstić information content (AvgIpc) is 3.20. The number of amides is 2. The maximum atomic E-state index is 13.4. The van der Waals surface area contributed by atoms with Gasteiger partial charge in [0.1, 0.15) is 0 Å². The van der Waals surface area contributed by atoms with Crippen LogP contribution in [0.3, 0.4) is 0 Å². The van der Waals surface area contributed by atoms with Gasteiger partial charge >= 0.3 is 6.18 Å². The van der Waals surface area contributed by atoms with Gasteiger partial charge in [-0.3, -0.25) is 14.5 Å². The third kappa shape index (κ3) is 4.45. The van der Waals surface area contributed by atoms with Crippen molar-refractivity contribution in [3.05, 3.63) is 58.9 Å². The summed E-state index contributed by atoms with van der Waals surface area (Å²) in [5.74, 6) is -0.114. The molecule has 0 spiro atoms.